The molecule has 0 fully saturated rings. The number of amides is 1. The molecule has 3 heterocycles. The van der Waals surface area contributed by atoms with Gasteiger partial charge in [0.05, 0.1) is 28.7 Å². The van der Waals surface area contributed by atoms with Crippen LogP contribution in [0.15, 0.2) is 60.0 Å². The molecule has 1 amide bonds. The van der Waals surface area contributed by atoms with E-state index in [9.17, 15) is 14.0 Å². The molecular weight excluding hydrogens is 421 g/mol. The van der Waals surface area contributed by atoms with Gasteiger partial charge in [0.25, 0.3) is 5.91 Å². The van der Waals surface area contributed by atoms with Crippen molar-refractivity contribution < 1.29 is 18.7 Å². The lowest BCUT2D eigenvalue weighted by Gasteiger charge is -2.18. The molecule has 0 aliphatic carbocycles. The number of Topliss-reactive ketones (excluding diaryl/α,β-unsaturated/α-hetero) is 1. The van der Waals surface area contributed by atoms with Gasteiger partial charge in [0.2, 0.25) is 0 Å². The van der Waals surface area contributed by atoms with Crippen LogP contribution >= 0.6 is 11.8 Å². The van der Waals surface area contributed by atoms with Crippen LogP contribution in [0.4, 0.5) is 10.1 Å². The van der Waals surface area contributed by atoms with E-state index in [1.54, 1.807) is 41.2 Å². The number of ether oxygens (including phenoxy) is 1. The molecule has 2 aromatic carbocycles. The van der Waals surface area contributed by atoms with Crippen LogP contribution < -0.4 is 10.1 Å². The first kappa shape index (κ1) is 19.2. The predicted molar refractivity (Wildman–Crippen MR) is 112 cm³/mol. The second-order valence-electron chi connectivity index (χ2n) is 6.71. The summed E-state index contributed by atoms with van der Waals surface area (Å²) in [5, 5.41) is 8.34. The predicted octanol–water partition coefficient (Wildman–Crippen LogP) is 3.26. The zero-order valence-corrected chi connectivity index (χ0v) is 16.7. The number of fused-ring (bicyclic) bond motifs is 2. The van der Waals surface area contributed by atoms with Crippen LogP contribution in [0.5, 0.6) is 5.75 Å². The molecule has 10 heteroatoms. The third kappa shape index (κ3) is 3.73. The number of anilines is 1. The Morgan fingerprint density at radius 2 is 2.03 bits per heavy atom. The first-order chi connectivity index (χ1) is 15.1. The molecule has 0 spiro atoms. The number of rotatable bonds is 5. The van der Waals surface area contributed by atoms with Gasteiger partial charge in [0.15, 0.2) is 18.0 Å². The van der Waals surface area contributed by atoms with Crippen molar-refractivity contribution in [3.63, 3.8) is 0 Å². The van der Waals surface area contributed by atoms with Gasteiger partial charge in [-0.15, -0.1) is 0 Å². The molecular formula is C21H14FN5O3S. The maximum absolute atomic E-state index is 13.2. The summed E-state index contributed by atoms with van der Waals surface area (Å²) in [6.07, 6.45) is 3.03. The lowest BCUT2D eigenvalue weighted by atomic mass is 10.1. The van der Waals surface area contributed by atoms with Crippen molar-refractivity contribution in [2.75, 3.05) is 17.7 Å². The number of aromatic nitrogens is 4. The van der Waals surface area contributed by atoms with Crippen LogP contribution in [0, 0.1) is 5.82 Å². The van der Waals surface area contributed by atoms with Gasteiger partial charge in [-0.2, -0.15) is 5.10 Å². The molecule has 1 N–H and O–H groups in total. The quantitative estimate of drug-likeness (QED) is 0.292. The summed E-state index contributed by atoms with van der Waals surface area (Å²) in [5.74, 6) is -0.0349. The fourth-order valence-electron chi connectivity index (χ4n) is 3.18. The molecule has 8 nitrogen and oxygen atoms in total. The smallest absolute Gasteiger partial charge is 0.262 e. The van der Waals surface area contributed by atoms with E-state index in [4.69, 9.17) is 4.74 Å². The number of nitrogens with one attached hydrogen (secondary N) is 1. The van der Waals surface area contributed by atoms with Gasteiger partial charge < -0.3 is 10.1 Å². The van der Waals surface area contributed by atoms with Gasteiger partial charge in [-0.3, -0.25) is 9.59 Å². The molecule has 2 aromatic heterocycles. The molecule has 0 saturated heterocycles. The summed E-state index contributed by atoms with van der Waals surface area (Å²) in [5.41, 5.74) is 2.17. The number of nitrogens with zero attached hydrogens (tertiary/aromatic N) is 4. The van der Waals surface area contributed by atoms with E-state index >= 15 is 0 Å². The van der Waals surface area contributed by atoms with Gasteiger partial charge in [0, 0.05) is 5.56 Å². The van der Waals surface area contributed by atoms with Gasteiger partial charge in [-0.05, 0) is 42.5 Å². The number of ketones is 1. The van der Waals surface area contributed by atoms with Crippen molar-refractivity contribution in [3.05, 3.63) is 66.4 Å². The fourth-order valence-corrected chi connectivity index (χ4v) is 4.04. The van der Waals surface area contributed by atoms with Crippen LogP contribution in [-0.2, 0) is 4.79 Å². The molecule has 1 aliphatic rings. The van der Waals surface area contributed by atoms with Gasteiger partial charge in [0.1, 0.15) is 22.9 Å². The van der Waals surface area contributed by atoms with E-state index in [0.717, 1.165) is 0 Å². The van der Waals surface area contributed by atoms with Crippen molar-refractivity contribution >= 4 is 40.2 Å². The highest BCUT2D eigenvalue weighted by Crippen LogP contribution is 2.30. The van der Waals surface area contributed by atoms with Crippen LogP contribution in [-0.4, -0.2) is 43.8 Å². The van der Waals surface area contributed by atoms with Crippen molar-refractivity contribution in [2.45, 2.75) is 5.03 Å². The molecule has 0 bridgehead atoms. The lowest BCUT2D eigenvalue weighted by molar-refractivity contribution is -0.118. The molecule has 0 unspecified atom stereocenters. The van der Waals surface area contributed by atoms with Crippen LogP contribution in [0.1, 0.15) is 10.4 Å². The molecule has 0 atom stereocenters. The molecule has 4 aromatic rings. The van der Waals surface area contributed by atoms with Gasteiger partial charge >= 0.3 is 0 Å². The maximum Gasteiger partial charge on any atom is 0.262 e. The monoisotopic (exact) mass is 435 g/mol. The number of hydrogen-bond donors (Lipinski definition) is 1. The third-order valence-electron chi connectivity index (χ3n) is 4.67. The van der Waals surface area contributed by atoms with Crippen molar-refractivity contribution in [1.82, 2.24) is 19.7 Å². The number of thioether (sulfide) groups is 1. The Morgan fingerprint density at radius 1 is 1.19 bits per heavy atom. The highest BCUT2D eigenvalue weighted by Gasteiger charge is 2.19. The number of hydrogen-bond acceptors (Lipinski definition) is 7. The average molecular weight is 435 g/mol. The Balaban J connectivity index is 1.36. The second kappa shape index (κ2) is 7.80. The third-order valence-corrected chi connectivity index (χ3v) is 5.68. The molecule has 31 heavy (non-hydrogen) atoms. The Labute approximate surface area is 179 Å². The Bertz CT molecular complexity index is 1320. The molecule has 0 radical (unpaired) electrons. The summed E-state index contributed by atoms with van der Waals surface area (Å²) >= 11 is 1.27. The zero-order chi connectivity index (χ0) is 21.4. The minimum absolute atomic E-state index is 0.0362. The van der Waals surface area contributed by atoms with E-state index in [1.807, 2.05) is 0 Å². The second-order valence-corrected chi connectivity index (χ2v) is 7.67. The van der Waals surface area contributed by atoms with Crippen molar-refractivity contribution in [3.8, 4) is 11.4 Å². The minimum atomic E-state index is -0.335. The highest BCUT2D eigenvalue weighted by molar-refractivity contribution is 8.00. The highest BCUT2D eigenvalue weighted by atomic mass is 32.2. The molecule has 0 saturated carbocycles. The van der Waals surface area contributed by atoms with Gasteiger partial charge in [-0.25, -0.2) is 19.0 Å². The van der Waals surface area contributed by atoms with E-state index < -0.39 is 0 Å². The maximum atomic E-state index is 13.2. The number of carbonyl (C=O) groups excluding carboxylic acids is 2. The first-order valence-corrected chi connectivity index (χ1v) is 10.2. The van der Waals surface area contributed by atoms with Gasteiger partial charge in [-0.1, -0.05) is 11.8 Å². The summed E-state index contributed by atoms with van der Waals surface area (Å²) in [7, 11) is 0. The molecule has 154 valence electrons. The van der Waals surface area contributed by atoms with E-state index in [1.165, 1.54) is 30.2 Å². The number of carbonyl (C=O) groups is 2. The van der Waals surface area contributed by atoms with E-state index in [2.05, 4.69) is 20.4 Å². The Hall–Kier alpha value is -3.79. The van der Waals surface area contributed by atoms with E-state index in [-0.39, 0.29) is 29.9 Å². The van der Waals surface area contributed by atoms with Crippen molar-refractivity contribution in [2.24, 2.45) is 0 Å². The summed E-state index contributed by atoms with van der Waals surface area (Å²) in [6, 6.07) is 10.9. The zero-order valence-electron chi connectivity index (χ0n) is 15.9. The first-order valence-electron chi connectivity index (χ1n) is 9.26. The SMILES string of the molecule is O=C1COc2ccc(C(=O)CSc3ncnc4c3cnn4-c3ccc(F)cc3)cc2N1. The lowest BCUT2D eigenvalue weighted by Crippen LogP contribution is -2.25. The largest absolute Gasteiger partial charge is 0.482 e. The topological polar surface area (TPSA) is 99.0 Å². The van der Waals surface area contributed by atoms with E-state index in [0.29, 0.717) is 38.7 Å². The minimum Gasteiger partial charge on any atom is -0.482 e. The Morgan fingerprint density at radius 3 is 2.87 bits per heavy atom. The number of halogens is 1. The van der Waals surface area contributed by atoms with Crippen LogP contribution in [0.3, 0.4) is 0 Å². The fraction of sp³-hybridized carbons (Fsp3) is 0.0952. The summed E-state index contributed by atoms with van der Waals surface area (Å²) < 4.78 is 20.1. The van der Waals surface area contributed by atoms with Crippen molar-refractivity contribution in [1.29, 1.82) is 0 Å². The Kier molecular flexibility index (Phi) is 4.83. The van der Waals surface area contributed by atoms with Crippen LogP contribution in [0.2, 0.25) is 0 Å². The normalized spacial score (nSPS) is 12.9. The average Bonchev–Trinajstić information content (AvgIpc) is 3.22. The summed E-state index contributed by atoms with van der Waals surface area (Å²) in [4.78, 5) is 32.8. The summed E-state index contributed by atoms with van der Waals surface area (Å²) in [6.45, 7) is -0.0362. The number of benzene rings is 2. The standard InChI is InChI=1S/C21H14FN5O3S/c22-13-2-4-14(5-3-13)27-20-15(8-25-27)21(24-11-23-20)31-10-17(28)12-1-6-18-16(7-12)26-19(29)9-30-18/h1-8,11H,9-10H2,(H,26,29). The molecule has 5 rings (SSSR count). The van der Waals surface area contributed by atoms with Crippen LogP contribution in [0.25, 0.3) is 16.7 Å². The molecule has 1 aliphatic heterocycles.